The summed E-state index contributed by atoms with van der Waals surface area (Å²) in [5.41, 5.74) is 0.995. The number of methoxy groups -OCH3 is 1. The van der Waals surface area contributed by atoms with E-state index < -0.39 is 0 Å². The summed E-state index contributed by atoms with van der Waals surface area (Å²) in [5, 5.41) is 3.09. The Morgan fingerprint density at radius 1 is 1.50 bits per heavy atom. The second-order valence-electron chi connectivity index (χ2n) is 3.83. The first-order chi connectivity index (χ1) is 8.69. The van der Waals surface area contributed by atoms with Crippen molar-refractivity contribution >= 4 is 5.97 Å². The van der Waals surface area contributed by atoms with E-state index in [1.54, 1.807) is 13.0 Å². The van der Waals surface area contributed by atoms with E-state index in [1.807, 2.05) is 24.3 Å². The molecule has 0 aliphatic carbocycles. The van der Waals surface area contributed by atoms with Crippen molar-refractivity contribution in [1.29, 1.82) is 0 Å². The minimum absolute atomic E-state index is 0.278. The van der Waals surface area contributed by atoms with Crippen LogP contribution in [0.3, 0.4) is 0 Å². The molecule has 0 aliphatic rings. The molecule has 0 radical (unpaired) electrons. The molecule has 98 valence electrons. The summed E-state index contributed by atoms with van der Waals surface area (Å²) in [6.45, 7) is 6.38. The highest BCUT2D eigenvalue weighted by atomic mass is 16.5. The van der Waals surface area contributed by atoms with Crippen LogP contribution in [0.4, 0.5) is 0 Å². The fraction of sp³-hybridized carbons (Fsp3) is 0.357. The molecule has 18 heavy (non-hydrogen) atoms. The summed E-state index contributed by atoms with van der Waals surface area (Å²) in [4.78, 5) is 11.3. The molecule has 1 atom stereocenters. The Kier molecular flexibility index (Phi) is 5.94. The number of rotatable bonds is 7. The average Bonchev–Trinajstić information content (AvgIpc) is 2.42. The first-order valence-corrected chi connectivity index (χ1v) is 5.81. The van der Waals surface area contributed by atoms with Crippen LogP contribution in [0.25, 0.3) is 0 Å². The SMILES string of the molecule is C=CCOc1ccccc1CNC(C)C(=O)OC. The number of nitrogens with one attached hydrogen (secondary N) is 1. The van der Waals surface area contributed by atoms with Gasteiger partial charge >= 0.3 is 5.97 Å². The zero-order valence-corrected chi connectivity index (χ0v) is 10.8. The molecule has 0 aromatic heterocycles. The summed E-state index contributed by atoms with van der Waals surface area (Å²) < 4.78 is 10.2. The zero-order chi connectivity index (χ0) is 13.4. The Balaban J connectivity index is 2.60. The lowest BCUT2D eigenvalue weighted by molar-refractivity contribution is -0.142. The van der Waals surface area contributed by atoms with Gasteiger partial charge in [0.25, 0.3) is 0 Å². The number of carbonyl (C=O) groups is 1. The van der Waals surface area contributed by atoms with Crippen molar-refractivity contribution < 1.29 is 14.3 Å². The molecule has 0 aliphatic heterocycles. The van der Waals surface area contributed by atoms with Gasteiger partial charge in [-0.15, -0.1) is 0 Å². The monoisotopic (exact) mass is 249 g/mol. The number of benzene rings is 1. The van der Waals surface area contributed by atoms with Crippen LogP contribution in [0.15, 0.2) is 36.9 Å². The first-order valence-electron chi connectivity index (χ1n) is 5.81. The highest BCUT2D eigenvalue weighted by Crippen LogP contribution is 2.17. The molecule has 1 aromatic rings. The minimum atomic E-state index is -0.345. The van der Waals surface area contributed by atoms with Gasteiger partial charge in [0.05, 0.1) is 7.11 Å². The van der Waals surface area contributed by atoms with Crippen LogP contribution in [-0.2, 0) is 16.1 Å². The van der Waals surface area contributed by atoms with Gasteiger partial charge in [-0.2, -0.15) is 0 Å². The van der Waals surface area contributed by atoms with Crippen LogP contribution in [0, 0.1) is 0 Å². The first kappa shape index (κ1) is 14.3. The summed E-state index contributed by atoms with van der Waals surface area (Å²) in [7, 11) is 1.38. The molecule has 0 spiro atoms. The van der Waals surface area contributed by atoms with Crippen LogP contribution in [0.5, 0.6) is 5.75 Å². The van der Waals surface area contributed by atoms with Gasteiger partial charge < -0.3 is 14.8 Å². The second-order valence-corrected chi connectivity index (χ2v) is 3.83. The van der Waals surface area contributed by atoms with Crippen molar-refractivity contribution in [1.82, 2.24) is 5.32 Å². The van der Waals surface area contributed by atoms with Crippen LogP contribution in [0.1, 0.15) is 12.5 Å². The summed E-state index contributed by atoms with van der Waals surface area (Å²) >= 11 is 0. The maximum atomic E-state index is 11.3. The summed E-state index contributed by atoms with van der Waals surface area (Å²) in [6, 6.07) is 7.34. The van der Waals surface area contributed by atoms with E-state index >= 15 is 0 Å². The van der Waals surface area contributed by atoms with Gasteiger partial charge in [0.15, 0.2) is 0 Å². The summed E-state index contributed by atoms with van der Waals surface area (Å²) in [5.74, 6) is 0.515. The third-order valence-corrected chi connectivity index (χ3v) is 2.48. The molecule has 0 bridgehead atoms. The van der Waals surface area contributed by atoms with Crippen molar-refractivity contribution in [3.8, 4) is 5.75 Å². The molecule has 1 unspecified atom stereocenters. The van der Waals surface area contributed by atoms with Crippen molar-refractivity contribution in [3.63, 3.8) is 0 Å². The molecule has 0 saturated heterocycles. The molecule has 0 fully saturated rings. The van der Waals surface area contributed by atoms with Crippen LogP contribution in [-0.4, -0.2) is 25.7 Å². The van der Waals surface area contributed by atoms with Gasteiger partial charge in [0.2, 0.25) is 0 Å². The highest BCUT2D eigenvalue weighted by Gasteiger charge is 2.12. The fourth-order valence-electron chi connectivity index (χ4n) is 1.46. The molecule has 0 amide bonds. The van der Waals surface area contributed by atoms with Crippen molar-refractivity contribution in [2.45, 2.75) is 19.5 Å². The molecule has 0 heterocycles. The Hall–Kier alpha value is -1.81. The van der Waals surface area contributed by atoms with Gasteiger partial charge in [-0.1, -0.05) is 30.9 Å². The van der Waals surface area contributed by atoms with Crippen molar-refractivity contribution in [2.24, 2.45) is 0 Å². The topological polar surface area (TPSA) is 47.6 Å². The number of carbonyl (C=O) groups excluding carboxylic acids is 1. The molecule has 0 saturated carbocycles. The van der Waals surface area contributed by atoms with E-state index in [0.29, 0.717) is 13.2 Å². The van der Waals surface area contributed by atoms with Gasteiger partial charge in [0, 0.05) is 12.1 Å². The Bertz CT molecular complexity index is 404. The normalized spacial score (nSPS) is 11.7. The second kappa shape index (κ2) is 7.50. The van der Waals surface area contributed by atoms with Crippen LogP contribution in [0.2, 0.25) is 0 Å². The standard InChI is InChI=1S/C14H19NO3/c1-4-9-18-13-8-6-5-7-12(13)10-15-11(2)14(16)17-3/h4-8,11,15H,1,9-10H2,2-3H3. The number of hydrogen-bond acceptors (Lipinski definition) is 4. The van der Waals surface area contributed by atoms with Crippen molar-refractivity contribution in [2.75, 3.05) is 13.7 Å². The number of hydrogen-bond donors (Lipinski definition) is 1. The molecule has 4 heteroatoms. The molecular formula is C14H19NO3. The maximum Gasteiger partial charge on any atom is 0.322 e. The maximum absolute atomic E-state index is 11.3. The van der Waals surface area contributed by atoms with Crippen molar-refractivity contribution in [3.05, 3.63) is 42.5 Å². The molecule has 1 rings (SSSR count). The largest absolute Gasteiger partial charge is 0.489 e. The van der Waals surface area contributed by atoms with Gasteiger partial charge in [-0.3, -0.25) is 4.79 Å². The van der Waals surface area contributed by atoms with Gasteiger partial charge in [0.1, 0.15) is 18.4 Å². The van der Waals surface area contributed by atoms with E-state index in [0.717, 1.165) is 11.3 Å². The lowest BCUT2D eigenvalue weighted by atomic mass is 10.2. The van der Waals surface area contributed by atoms with E-state index in [2.05, 4.69) is 16.6 Å². The Morgan fingerprint density at radius 2 is 2.22 bits per heavy atom. The van der Waals surface area contributed by atoms with Crippen LogP contribution >= 0.6 is 0 Å². The van der Waals surface area contributed by atoms with E-state index in [-0.39, 0.29) is 12.0 Å². The molecule has 1 N–H and O–H groups in total. The smallest absolute Gasteiger partial charge is 0.322 e. The van der Waals surface area contributed by atoms with E-state index in [4.69, 9.17) is 4.74 Å². The third-order valence-electron chi connectivity index (χ3n) is 2.48. The number of para-hydroxylation sites is 1. The Morgan fingerprint density at radius 3 is 2.89 bits per heavy atom. The average molecular weight is 249 g/mol. The third kappa shape index (κ3) is 4.22. The predicted octanol–water partition coefficient (Wildman–Crippen LogP) is 1.90. The van der Waals surface area contributed by atoms with E-state index in [1.165, 1.54) is 7.11 Å². The van der Waals surface area contributed by atoms with Gasteiger partial charge in [-0.25, -0.2) is 0 Å². The summed E-state index contributed by atoms with van der Waals surface area (Å²) in [6.07, 6.45) is 1.70. The number of ether oxygens (including phenoxy) is 2. The predicted molar refractivity (Wildman–Crippen MR) is 70.5 cm³/mol. The molecule has 1 aromatic carbocycles. The fourth-order valence-corrected chi connectivity index (χ4v) is 1.46. The molecular weight excluding hydrogens is 230 g/mol. The Labute approximate surface area is 108 Å². The zero-order valence-electron chi connectivity index (χ0n) is 10.8. The molecule has 4 nitrogen and oxygen atoms in total. The van der Waals surface area contributed by atoms with Gasteiger partial charge in [-0.05, 0) is 13.0 Å². The quantitative estimate of drug-likeness (QED) is 0.592. The number of esters is 1. The lowest BCUT2D eigenvalue weighted by Gasteiger charge is -2.14. The lowest BCUT2D eigenvalue weighted by Crippen LogP contribution is -2.34. The minimum Gasteiger partial charge on any atom is -0.489 e. The van der Waals surface area contributed by atoms with Crippen LogP contribution < -0.4 is 10.1 Å². The van der Waals surface area contributed by atoms with E-state index in [9.17, 15) is 4.79 Å². The highest BCUT2D eigenvalue weighted by molar-refractivity contribution is 5.75.